The Morgan fingerprint density at radius 3 is 3.00 bits per heavy atom. The lowest BCUT2D eigenvalue weighted by Gasteiger charge is -2.33. The molecule has 1 aromatic rings. The van der Waals surface area contributed by atoms with Gasteiger partial charge in [0.1, 0.15) is 6.07 Å². The normalized spacial score (nSPS) is 22.0. The first-order valence-corrected chi connectivity index (χ1v) is 7.39. The van der Waals surface area contributed by atoms with Crippen molar-refractivity contribution in [1.29, 1.82) is 5.26 Å². The summed E-state index contributed by atoms with van der Waals surface area (Å²) in [5.41, 5.74) is 2.12. The molecule has 21 heavy (non-hydrogen) atoms. The van der Waals surface area contributed by atoms with E-state index in [1.807, 2.05) is 19.3 Å². The molecule has 0 radical (unpaired) electrons. The van der Waals surface area contributed by atoms with Crippen LogP contribution in [0.15, 0.2) is 17.1 Å². The van der Waals surface area contributed by atoms with Gasteiger partial charge in [0.2, 0.25) is 0 Å². The maximum absolute atomic E-state index is 8.97. The zero-order valence-corrected chi connectivity index (χ0v) is 13.4. The molecule has 0 aliphatic carbocycles. The van der Waals surface area contributed by atoms with Crippen LogP contribution in [0.25, 0.3) is 0 Å². The number of aliphatic imine (C=N–C) groups is 1. The van der Waals surface area contributed by atoms with E-state index >= 15 is 0 Å². The maximum atomic E-state index is 8.97. The topological polar surface area (TPSA) is 48.6 Å². The van der Waals surface area contributed by atoms with Gasteiger partial charge in [0.25, 0.3) is 0 Å². The van der Waals surface area contributed by atoms with Gasteiger partial charge in [-0.25, -0.2) is 4.99 Å². The molecule has 0 unspecified atom stereocenters. The number of hydrogen-bond acceptors (Lipinski definition) is 3. The molecule has 1 heterocycles. The van der Waals surface area contributed by atoms with E-state index in [1.54, 1.807) is 13.2 Å². The lowest BCUT2D eigenvalue weighted by atomic mass is 10.0. The number of benzene rings is 1. The summed E-state index contributed by atoms with van der Waals surface area (Å²) < 4.78 is 5.32. The highest BCUT2D eigenvalue weighted by Gasteiger charge is 2.34. The van der Waals surface area contributed by atoms with Gasteiger partial charge in [-0.15, -0.1) is 0 Å². The molecular formula is C16H20ClN3O. The summed E-state index contributed by atoms with van der Waals surface area (Å²) in [7, 11) is 1.73. The molecule has 1 aliphatic rings. The van der Waals surface area contributed by atoms with Crippen molar-refractivity contribution in [2.24, 2.45) is 4.99 Å². The zero-order chi connectivity index (χ0) is 15.5. The second kappa shape index (κ2) is 6.46. The van der Waals surface area contributed by atoms with E-state index in [9.17, 15) is 0 Å². The Labute approximate surface area is 131 Å². The minimum Gasteiger partial charge on any atom is -0.382 e. The summed E-state index contributed by atoms with van der Waals surface area (Å²) in [4.78, 5) is 6.78. The van der Waals surface area contributed by atoms with E-state index in [0.29, 0.717) is 17.2 Å². The fraction of sp³-hybridized carbons (Fsp3) is 0.500. The highest BCUT2D eigenvalue weighted by molar-refractivity contribution is 6.32. The number of likely N-dealkylation sites (tertiary alicyclic amines) is 1. The molecule has 1 aliphatic heterocycles. The Hall–Kier alpha value is -1.57. The monoisotopic (exact) mass is 305 g/mol. The summed E-state index contributed by atoms with van der Waals surface area (Å²) >= 11 is 6.17. The molecule has 0 bridgehead atoms. The predicted molar refractivity (Wildman–Crippen MR) is 85.3 cm³/mol. The summed E-state index contributed by atoms with van der Waals surface area (Å²) in [6.45, 7) is 5.74. The summed E-state index contributed by atoms with van der Waals surface area (Å²) in [5, 5.41) is 9.45. The largest absolute Gasteiger partial charge is 0.382 e. The van der Waals surface area contributed by atoms with Gasteiger partial charge in [0, 0.05) is 13.7 Å². The molecule has 0 saturated carbocycles. The van der Waals surface area contributed by atoms with Crippen molar-refractivity contribution >= 4 is 23.6 Å². The van der Waals surface area contributed by atoms with Crippen LogP contribution in [-0.2, 0) is 4.74 Å². The molecule has 0 spiro atoms. The second-order valence-electron chi connectivity index (χ2n) is 5.65. The lowest BCUT2D eigenvalue weighted by molar-refractivity contribution is 0.0893. The first kappa shape index (κ1) is 15.8. The van der Waals surface area contributed by atoms with Gasteiger partial charge in [0.15, 0.2) is 0 Å². The van der Waals surface area contributed by atoms with Crippen LogP contribution >= 0.6 is 11.6 Å². The average Bonchev–Trinajstić information content (AvgIpc) is 2.82. The molecular weight excluding hydrogens is 286 g/mol. The van der Waals surface area contributed by atoms with Gasteiger partial charge in [0.05, 0.1) is 34.8 Å². The second-order valence-corrected chi connectivity index (χ2v) is 6.03. The molecule has 1 saturated heterocycles. The number of hydrogen-bond donors (Lipinski definition) is 0. The van der Waals surface area contributed by atoms with Gasteiger partial charge in [-0.2, -0.15) is 5.26 Å². The Morgan fingerprint density at radius 2 is 2.33 bits per heavy atom. The predicted octanol–water partition coefficient (Wildman–Crippen LogP) is 3.68. The van der Waals surface area contributed by atoms with Crippen LogP contribution in [0.2, 0.25) is 5.02 Å². The third-order valence-electron chi connectivity index (χ3n) is 4.08. The molecule has 1 atom stereocenters. The zero-order valence-electron chi connectivity index (χ0n) is 12.7. The molecule has 0 amide bonds. The van der Waals surface area contributed by atoms with E-state index in [4.69, 9.17) is 21.6 Å². The Balaban J connectivity index is 2.22. The number of rotatable bonds is 4. The molecule has 1 fully saturated rings. The van der Waals surface area contributed by atoms with Crippen molar-refractivity contribution in [2.75, 3.05) is 20.3 Å². The van der Waals surface area contributed by atoms with Crippen LogP contribution in [0.3, 0.4) is 0 Å². The van der Waals surface area contributed by atoms with Gasteiger partial charge in [-0.3, -0.25) is 0 Å². The van der Waals surface area contributed by atoms with Crippen molar-refractivity contribution in [1.82, 2.24) is 4.90 Å². The number of nitrogens with zero attached hydrogens (tertiary/aromatic N) is 3. The number of ether oxygens (including phenoxy) is 1. The van der Waals surface area contributed by atoms with Crippen molar-refractivity contribution in [3.8, 4) is 6.07 Å². The van der Waals surface area contributed by atoms with Crippen LogP contribution in [0.1, 0.15) is 30.9 Å². The highest BCUT2D eigenvalue weighted by atomic mass is 35.5. The Kier molecular flexibility index (Phi) is 4.87. The van der Waals surface area contributed by atoms with Crippen LogP contribution in [0.4, 0.5) is 5.69 Å². The van der Waals surface area contributed by atoms with E-state index < -0.39 is 0 Å². The van der Waals surface area contributed by atoms with Crippen LogP contribution in [0, 0.1) is 18.3 Å². The van der Waals surface area contributed by atoms with E-state index in [0.717, 1.165) is 30.6 Å². The standard InChI is InChI=1S/C16H20ClN3O/c1-12-14(6-5-13(9-18)15(12)17)19-11-20-8-4-7-16(20,2)10-21-3/h5-6,11H,4,7-8,10H2,1-3H3/t16-/m1/s1. The Morgan fingerprint density at radius 1 is 1.57 bits per heavy atom. The van der Waals surface area contributed by atoms with Gasteiger partial charge in [-0.1, -0.05) is 11.6 Å². The van der Waals surface area contributed by atoms with Crippen LogP contribution in [-0.4, -0.2) is 37.0 Å². The van der Waals surface area contributed by atoms with E-state index in [-0.39, 0.29) is 5.54 Å². The molecule has 2 rings (SSSR count). The van der Waals surface area contributed by atoms with Gasteiger partial charge >= 0.3 is 0 Å². The lowest BCUT2D eigenvalue weighted by Crippen LogP contribution is -2.43. The van der Waals surface area contributed by atoms with Crippen LogP contribution < -0.4 is 0 Å². The minimum absolute atomic E-state index is 0.00252. The summed E-state index contributed by atoms with van der Waals surface area (Å²) in [6.07, 6.45) is 4.11. The van der Waals surface area contributed by atoms with Gasteiger partial charge < -0.3 is 9.64 Å². The van der Waals surface area contributed by atoms with Crippen molar-refractivity contribution in [2.45, 2.75) is 32.2 Å². The third kappa shape index (κ3) is 3.20. The number of nitriles is 1. The smallest absolute Gasteiger partial charge is 0.101 e. The first-order chi connectivity index (χ1) is 10.0. The van der Waals surface area contributed by atoms with Crippen molar-refractivity contribution in [3.05, 3.63) is 28.3 Å². The number of methoxy groups -OCH3 is 1. The maximum Gasteiger partial charge on any atom is 0.101 e. The summed E-state index contributed by atoms with van der Waals surface area (Å²) in [6, 6.07) is 5.62. The third-order valence-corrected chi connectivity index (χ3v) is 4.56. The SMILES string of the molecule is COC[C@@]1(C)CCCN1C=Nc1ccc(C#N)c(Cl)c1C. The minimum atomic E-state index is 0.00252. The van der Waals surface area contributed by atoms with E-state index in [1.165, 1.54) is 0 Å². The Bertz CT molecular complexity index is 594. The quantitative estimate of drug-likeness (QED) is 0.630. The first-order valence-electron chi connectivity index (χ1n) is 7.01. The highest BCUT2D eigenvalue weighted by Crippen LogP contribution is 2.31. The molecule has 1 aromatic carbocycles. The summed E-state index contributed by atoms with van der Waals surface area (Å²) in [5.74, 6) is 0. The molecule has 4 nitrogen and oxygen atoms in total. The van der Waals surface area contributed by atoms with E-state index in [2.05, 4.69) is 22.9 Å². The fourth-order valence-corrected chi connectivity index (χ4v) is 2.94. The average molecular weight is 306 g/mol. The molecule has 0 N–H and O–H groups in total. The molecule has 5 heteroatoms. The number of halogens is 1. The van der Waals surface area contributed by atoms with Crippen LogP contribution in [0.5, 0.6) is 0 Å². The molecule has 0 aromatic heterocycles. The molecule has 112 valence electrons. The van der Waals surface area contributed by atoms with Crippen molar-refractivity contribution in [3.63, 3.8) is 0 Å². The van der Waals surface area contributed by atoms with Gasteiger partial charge in [-0.05, 0) is 44.4 Å². The van der Waals surface area contributed by atoms with Crippen molar-refractivity contribution < 1.29 is 4.74 Å². The fourth-order valence-electron chi connectivity index (χ4n) is 2.74.